The van der Waals surface area contributed by atoms with Crippen molar-refractivity contribution < 1.29 is 14.3 Å². The molecule has 1 aliphatic rings. The van der Waals surface area contributed by atoms with E-state index in [2.05, 4.69) is 0 Å². The lowest BCUT2D eigenvalue weighted by Crippen LogP contribution is -2.34. The summed E-state index contributed by atoms with van der Waals surface area (Å²) < 4.78 is 10.2. The van der Waals surface area contributed by atoms with Crippen molar-refractivity contribution in [3.8, 4) is 0 Å². The molecule has 3 nitrogen and oxygen atoms in total. The predicted molar refractivity (Wildman–Crippen MR) is 49.4 cm³/mol. The molecule has 0 N–H and O–H groups in total. The van der Waals surface area contributed by atoms with Crippen molar-refractivity contribution in [2.75, 3.05) is 20.3 Å². The smallest absolute Gasteiger partial charge is 0.314 e. The Labute approximate surface area is 79.4 Å². The van der Waals surface area contributed by atoms with Crippen molar-refractivity contribution in [1.82, 2.24) is 0 Å². The molecule has 1 aliphatic carbocycles. The summed E-state index contributed by atoms with van der Waals surface area (Å²) in [6.45, 7) is 2.81. The monoisotopic (exact) mass is 186 g/mol. The van der Waals surface area contributed by atoms with E-state index in [1.165, 1.54) is 0 Å². The Bertz CT molecular complexity index is 171. The largest absolute Gasteiger partial charge is 0.465 e. The lowest BCUT2D eigenvalue weighted by molar-refractivity contribution is -0.158. The normalized spacial score (nSPS) is 20.2. The van der Waals surface area contributed by atoms with E-state index in [1.54, 1.807) is 7.11 Å². The van der Waals surface area contributed by atoms with Crippen molar-refractivity contribution >= 4 is 5.97 Å². The molecule has 1 rings (SSSR count). The van der Waals surface area contributed by atoms with Gasteiger partial charge >= 0.3 is 5.97 Å². The summed E-state index contributed by atoms with van der Waals surface area (Å²) in [5.41, 5.74) is -0.329. The van der Waals surface area contributed by atoms with E-state index in [1.807, 2.05) is 6.92 Å². The molecule has 3 heteroatoms. The quantitative estimate of drug-likeness (QED) is 0.627. The van der Waals surface area contributed by atoms with E-state index in [0.717, 1.165) is 25.7 Å². The number of ether oxygens (including phenoxy) is 2. The summed E-state index contributed by atoms with van der Waals surface area (Å²) in [7, 11) is 1.64. The fraction of sp³-hybridized carbons (Fsp3) is 0.900. The van der Waals surface area contributed by atoms with Gasteiger partial charge in [0.25, 0.3) is 0 Å². The molecular formula is C10H18O3. The Morgan fingerprint density at radius 1 is 1.38 bits per heavy atom. The maximum atomic E-state index is 11.7. The molecule has 1 fully saturated rings. The van der Waals surface area contributed by atoms with Crippen LogP contribution >= 0.6 is 0 Å². The van der Waals surface area contributed by atoms with Crippen LogP contribution in [0.25, 0.3) is 0 Å². The van der Waals surface area contributed by atoms with Gasteiger partial charge in [-0.25, -0.2) is 0 Å². The molecule has 0 spiro atoms. The number of rotatable bonds is 4. The van der Waals surface area contributed by atoms with Gasteiger partial charge in [-0.2, -0.15) is 0 Å². The fourth-order valence-corrected chi connectivity index (χ4v) is 2.02. The minimum atomic E-state index is -0.329. The van der Waals surface area contributed by atoms with Crippen molar-refractivity contribution in [2.45, 2.75) is 32.6 Å². The van der Waals surface area contributed by atoms with Gasteiger partial charge in [-0.1, -0.05) is 12.8 Å². The fourth-order valence-electron chi connectivity index (χ4n) is 2.02. The zero-order chi connectivity index (χ0) is 9.73. The van der Waals surface area contributed by atoms with Crippen LogP contribution in [0.5, 0.6) is 0 Å². The highest BCUT2D eigenvalue weighted by Gasteiger charge is 2.42. The van der Waals surface area contributed by atoms with E-state index in [4.69, 9.17) is 9.47 Å². The van der Waals surface area contributed by atoms with Gasteiger partial charge in [0, 0.05) is 7.11 Å². The van der Waals surface area contributed by atoms with Crippen molar-refractivity contribution in [3.05, 3.63) is 0 Å². The number of methoxy groups -OCH3 is 1. The van der Waals surface area contributed by atoms with Crippen LogP contribution in [0.2, 0.25) is 0 Å². The average molecular weight is 186 g/mol. The van der Waals surface area contributed by atoms with Crippen LogP contribution in [0.15, 0.2) is 0 Å². The molecule has 0 bridgehead atoms. The third-order valence-electron chi connectivity index (χ3n) is 2.69. The topological polar surface area (TPSA) is 35.5 Å². The van der Waals surface area contributed by atoms with E-state index >= 15 is 0 Å². The molecule has 0 amide bonds. The van der Waals surface area contributed by atoms with Gasteiger partial charge in [-0.15, -0.1) is 0 Å². The van der Waals surface area contributed by atoms with Gasteiger partial charge in [0.2, 0.25) is 0 Å². The number of carbonyl (C=O) groups excluding carboxylic acids is 1. The van der Waals surface area contributed by atoms with Crippen LogP contribution in [0.4, 0.5) is 0 Å². The SMILES string of the molecule is CCOC(=O)C1(COC)CCCC1. The minimum absolute atomic E-state index is 0.0747. The van der Waals surface area contributed by atoms with Gasteiger partial charge < -0.3 is 9.47 Å². The first-order valence-electron chi connectivity index (χ1n) is 4.91. The highest BCUT2D eigenvalue weighted by Crippen LogP contribution is 2.39. The third kappa shape index (κ3) is 2.21. The molecule has 0 aromatic heterocycles. The summed E-state index contributed by atoms with van der Waals surface area (Å²) in [6.07, 6.45) is 4.06. The molecule has 0 atom stereocenters. The van der Waals surface area contributed by atoms with Gasteiger partial charge in [0.15, 0.2) is 0 Å². The highest BCUT2D eigenvalue weighted by molar-refractivity contribution is 5.77. The molecule has 1 saturated carbocycles. The molecule has 0 unspecified atom stereocenters. The Hall–Kier alpha value is -0.570. The van der Waals surface area contributed by atoms with Crippen molar-refractivity contribution in [3.63, 3.8) is 0 Å². The number of carbonyl (C=O) groups is 1. The summed E-state index contributed by atoms with van der Waals surface area (Å²) >= 11 is 0. The predicted octanol–water partition coefficient (Wildman–Crippen LogP) is 1.76. The molecule has 0 heterocycles. The summed E-state index contributed by atoms with van der Waals surface area (Å²) in [6, 6.07) is 0. The van der Waals surface area contributed by atoms with Gasteiger partial charge in [0.05, 0.1) is 18.6 Å². The Morgan fingerprint density at radius 3 is 2.46 bits per heavy atom. The van der Waals surface area contributed by atoms with Crippen LogP contribution in [0.3, 0.4) is 0 Å². The van der Waals surface area contributed by atoms with Gasteiger partial charge in [-0.3, -0.25) is 4.79 Å². The molecule has 13 heavy (non-hydrogen) atoms. The van der Waals surface area contributed by atoms with Crippen molar-refractivity contribution in [1.29, 1.82) is 0 Å². The van der Waals surface area contributed by atoms with Crippen LogP contribution in [0.1, 0.15) is 32.6 Å². The van der Waals surface area contributed by atoms with E-state index in [9.17, 15) is 4.79 Å². The highest BCUT2D eigenvalue weighted by atomic mass is 16.5. The summed E-state index contributed by atoms with van der Waals surface area (Å²) in [5.74, 6) is -0.0747. The molecule has 76 valence electrons. The number of hydrogen-bond donors (Lipinski definition) is 0. The Morgan fingerprint density at radius 2 is 2.00 bits per heavy atom. The molecule has 0 aliphatic heterocycles. The Balaban J connectivity index is 2.60. The molecule has 0 saturated heterocycles. The van der Waals surface area contributed by atoms with Crippen LogP contribution in [-0.2, 0) is 14.3 Å². The standard InChI is InChI=1S/C10H18O3/c1-3-13-9(11)10(8-12-2)6-4-5-7-10/h3-8H2,1-2H3. The second kappa shape index (κ2) is 4.61. The lowest BCUT2D eigenvalue weighted by atomic mass is 9.87. The third-order valence-corrected chi connectivity index (χ3v) is 2.69. The molecular weight excluding hydrogens is 168 g/mol. The first kappa shape index (κ1) is 10.5. The number of esters is 1. The van der Waals surface area contributed by atoms with E-state index < -0.39 is 0 Å². The van der Waals surface area contributed by atoms with Crippen LogP contribution in [0, 0.1) is 5.41 Å². The second-order valence-corrected chi connectivity index (χ2v) is 3.64. The zero-order valence-electron chi connectivity index (χ0n) is 8.47. The maximum absolute atomic E-state index is 11.7. The van der Waals surface area contributed by atoms with E-state index in [0.29, 0.717) is 13.2 Å². The molecule has 0 radical (unpaired) electrons. The van der Waals surface area contributed by atoms with E-state index in [-0.39, 0.29) is 11.4 Å². The van der Waals surface area contributed by atoms with Gasteiger partial charge in [0.1, 0.15) is 0 Å². The summed E-state index contributed by atoms with van der Waals surface area (Å²) in [4.78, 5) is 11.7. The maximum Gasteiger partial charge on any atom is 0.314 e. The lowest BCUT2D eigenvalue weighted by Gasteiger charge is -2.25. The molecule has 0 aromatic carbocycles. The van der Waals surface area contributed by atoms with Gasteiger partial charge in [-0.05, 0) is 19.8 Å². The minimum Gasteiger partial charge on any atom is -0.465 e. The van der Waals surface area contributed by atoms with Crippen LogP contribution in [-0.4, -0.2) is 26.3 Å². The van der Waals surface area contributed by atoms with Crippen molar-refractivity contribution in [2.24, 2.45) is 5.41 Å². The summed E-state index contributed by atoms with van der Waals surface area (Å²) in [5, 5.41) is 0. The second-order valence-electron chi connectivity index (χ2n) is 3.64. The average Bonchev–Trinajstić information content (AvgIpc) is 2.55. The first-order valence-corrected chi connectivity index (χ1v) is 4.91. The first-order chi connectivity index (χ1) is 6.25. The number of hydrogen-bond acceptors (Lipinski definition) is 3. The van der Waals surface area contributed by atoms with Crippen LogP contribution < -0.4 is 0 Å². The molecule has 0 aromatic rings. The Kier molecular flexibility index (Phi) is 3.72. The zero-order valence-corrected chi connectivity index (χ0v) is 8.47.